The van der Waals surface area contributed by atoms with E-state index in [-0.39, 0.29) is 53.3 Å². The average Bonchev–Trinajstić information content (AvgIpc) is 2.17. The molecule has 0 aliphatic carbocycles. The summed E-state index contributed by atoms with van der Waals surface area (Å²) in [5, 5.41) is 0. The molecular formula is C8H7LiNNaO3S. The molecule has 0 unspecified atom stereocenters. The first kappa shape index (κ1) is 11.7. The molecule has 0 radical (unpaired) electrons. The Kier molecular flexibility index (Phi) is 5.86. The molecule has 1 aromatic carbocycles. The molecule has 70 valence electrons. The largest absolute Gasteiger partial charge is 1.00 e. The van der Waals surface area contributed by atoms with Gasteiger partial charge in [0.25, 0.3) is 0 Å². The fourth-order valence-electron chi connectivity index (χ4n) is 0.696. The number of hydrogen-bond donors (Lipinski definition) is 0. The van der Waals surface area contributed by atoms with E-state index < -0.39 is 22.8 Å². The maximum Gasteiger partial charge on any atom is 1.00 e. The summed E-state index contributed by atoms with van der Waals surface area (Å²) >= 11 is 0. The molecule has 0 aliphatic heterocycles. The monoisotopic (exact) mass is 230 g/mol. The van der Waals surface area contributed by atoms with Gasteiger partial charge in [-0.2, -0.15) is 30.3 Å². The number of sulfonamides is 1. The predicted octanol–water partition coefficient (Wildman–Crippen LogP) is -4.90. The Bertz CT molecular complexity index is 492. The zero-order valence-electron chi connectivity index (χ0n) is 11.4. The van der Waals surface area contributed by atoms with E-state index in [9.17, 15) is 13.2 Å². The Morgan fingerprint density at radius 1 is 1.53 bits per heavy atom. The van der Waals surface area contributed by atoms with Crippen molar-refractivity contribution < 1.29 is 65.7 Å². The van der Waals surface area contributed by atoms with Gasteiger partial charge in [-0.15, -0.1) is 0 Å². The molecule has 1 amide bonds. The molecule has 0 atom stereocenters. The summed E-state index contributed by atoms with van der Waals surface area (Å²) in [7, 11) is -4.28. The molecule has 0 bridgehead atoms. The topological polar surface area (TPSA) is 65.3 Å². The molecule has 0 saturated carbocycles. The second kappa shape index (κ2) is 7.50. The summed E-state index contributed by atoms with van der Waals surface area (Å²) < 4.78 is 45.6. The Balaban J connectivity index is 0. The summed E-state index contributed by atoms with van der Waals surface area (Å²) in [4.78, 5) is 10.6. The number of carbonyl (C=O) groups is 1. The third kappa shape index (κ3) is 5.76. The van der Waals surface area contributed by atoms with Crippen molar-refractivity contribution in [3.8, 4) is 0 Å². The van der Waals surface area contributed by atoms with Crippen LogP contribution in [0.3, 0.4) is 0 Å². The minimum absolute atomic E-state index is 0. The van der Waals surface area contributed by atoms with Gasteiger partial charge in [0.15, 0.2) is 0 Å². The van der Waals surface area contributed by atoms with Crippen molar-refractivity contribution in [1.82, 2.24) is 0 Å². The molecule has 7 heteroatoms. The van der Waals surface area contributed by atoms with Crippen LogP contribution >= 0.6 is 0 Å². The average molecular weight is 230 g/mol. The zero-order valence-corrected chi connectivity index (χ0v) is 11.2. The first-order valence-electron chi connectivity index (χ1n) is 4.73. The molecule has 0 saturated heterocycles. The van der Waals surface area contributed by atoms with Gasteiger partial charge in [0.1, 0.15) is 10.0 Å². The van der Waals surface area contributed by atoms with Crippen molar-refractivity contribution in [2.45, 2.75) is 11.7 Å². The molecule has 0 aliphatic rings. The minimum atomic E-state index is -4.28. The third-order valence-electron chi connectivity index (χ3n) is 1.16. The van der Waals surface area contributed by atoms with Gasteiger partial charge in [-0.05, 0) is 6.85 Å². The van der Waals surface area contributed by atoms with Gasteiger partial charge in [0.2, 0.25) is 0 Å². The Labute approximate surface area is 128 Å². The summed E-state index contributed by atoms with van der Waals surface area (Å²) in [5.74, 6) is -1.66. The maximum atomic E-state index is 11.4. The Hall–Kier alpha value is 0.237. The van der Waals surface area contributed by atoms with Gasteiger partial charge in [-0.1, -0.05) is 4.90 Å². The number of amides is 1. The van der Waals surface area contributed by atoms with Crippen molar-refractivity contribution in [2.24, 2.45) is 0 Å². The first-order valence-corrected chi connectivity index (χ1v) is 4.67. The van der Waals surface area contributed by atoms with Gasteiger partial charge in [0, 0.05) is 4.11 Å². The molecule has 1 aromatic rings. The molecule has 0 heterocycles. The van der Waals surface area contributed by atoms with Crippen LogP contribution in [0.15, 0.2) is 29.2 Å². The normalized spacial score (nSPS) is 13.2. The molecule has 0 N–H and O–H groups in total. The standard InChI is InChI=1S/C8H8NO3S.Li.Na/c1-7(10)9-13(11,12)8-5-3-2-4-6-8;;/h2-5H,1H3,(H,9,10);;/q-1;2*+1/p-1/i1D3;;. The Morgan fingerprint density at radius 3 is 2.67 bits per heavy atom. The number of carbonyl (C=O) groups excluding carboxylic acids is 1. The molecule has 0 aromatic heterocycles. The van der Waals surface area contributed by atoms with Crippen LogP contribution in [-0.2, 0) is 14.8 Å². The number of rotatable bonds is 2. The summed E-state index contributed by atoms with van der Waals surface area (Å²) in [6, 6.07) is 7.79. The predicted molar refractivity (Wildman–Crippen MR) is 46.5 cm³/mol. The van der Waals surface area contributed by atoms with Gasteiger partial charge in [-0.3, -0.25) is 0 Å². The van der Waals surface area contributed by atoms with Crippen molar-refractivity contribution in [3.05, 3.63) is 35.1 Å². The van der Waals surface area contributed by atoms with Crippen LogP contribution in [0, 0.1) is 6.07 Å². The second-order valence-electron chi connectivity index (χ2n) is 2.10. The van der Waals surface area contributed by atoms with Gasteiger partial charge in [0.05, 0.1) is 5.91 Å². The van der Waals surface area contributed by atoms with Gasteiger partial charge >= 0.3 is 48.4 Å². The van der Waals surface area contributed by atoms with Crippen molar-refractivity contribution in [1.29, 1.82) is 0 Å². The van der Waals surface area contributed by atoms with Gasteiger partial charge in [-0.25, -0.2) is 8.42 Å². The fraction of sp³-hybridized carbons (Fsp3) is 0.125. The van der Waals surface area contributed by atoms with E-state index in [1.807, 2.05) is 0 Å². The smallest absolute Gasteiger partial charge is 0.544 e. The quantitative estimate of drug-likeness (QED) is 0.378. The molecule has 0 spiro atoms. The van der Waals surface area contributed by atoms with Crippen LogP contribution in [0.4, 0.5) is 0 Å². The van der Waals surface area contributed by atoms with Crippen LogP contribution in [0.25, 0.3) is 4.72 Å². The molecular weight excluding hydrogens is 220 g/mol. The zero-order chi connectivity index (χ0) is 12.4. The second-order valence-corrected chi connectivity index (χ2v) is 3.67. The number of nitrogens with zero attached hydrogens (tertiary/aromatic N) is 1. The summed E-state index contributed by atoms with van der Waals surface area (Å²) in [6.45, 7) is -3.05. The number of benzene rings is 1. The summed E-state index contributed by atoms with van der Waals surface area (Å²) in [5.41, 5.74) is 0. The summed E-state index contributed by atoms with van der Waals surface area (Å²) in [6.07, 6.45) is 0. The van der Waals surface area contributed by atoms with Crippen LogP contribution in [-0.4, -0.2) is 14.3 Å². The van der Waals surface area contributed by atoms with E-state index in [2.05, 4.69) is 10.8 Å². The van der Waals surface area contributed by atoms with E-state index >= 15 is 0 Å². The van der Waals surface area contributed by atoms with E-state index in [0.717, 1.165) is 0 Å². The first-order chi connectivity index (χ1) is 7.23. The fourth-order valence-corrected chi connectivity index (χ4v) is 1.48. The van der Waals surface area contributed by atoms with Crippen LogP contribution in [0.5, 0.6) is 0 Å². The van der Waals surface area contributed by atoms with Gasteiger partial charge < -0.3 is 9.52 Å². The minimum Gasteiger partial charge on any atom is -0.544 e. The molecule has 4 nitrogen and oxygen atoms in total. The van der Waals surface area contributed by atoms with Crippen molar-refractivity contribution in [3.63, 3.8) is 0 Å². The number of hydrogen-bond acceptors (Lipinski definition) is 3. The van der Waals surface area contributed by atoms with E-state index in [1.54, 1.807) is 0 Å². The molecule has 1 rings (SSSR count). The van der Waals surface area contributed by atoms with Crippen LogP contribution < -0.4 is 48.4 Å². The van der Waals surface area contributed by atoms with Crippen molar-refractivity contribution >= 4 is 15.9 Å². The van der Waals surface area contributed by atoms with E-state index in [0.29, 0.717) is 0 Å². The van der Waals surface area contributed by atoms with Crippen molar-refractivity contribution in [2.75, 3.05) is 0 Å². The molecule has 0 fully saturated rings. The molecule has 15 heavy (non-hydrogen) atoms. The van der Waals surface area contributed by atoms with E-state index in [1.165, 1.54) is 24.3 Å². The SMILES string of the molecule is [2H]C([2H])([2H])C(=O)[N-]S(=O)(=O)c1[c-]cccc1.[Li+].[Na+]. The Morgan fingerprint density at radius 2 is 2.20 bits per heavy atom. The van der Waals surface area contributed by atoms with E-state index in [4.69, 9.17) is 4.11 Å². The van der Waals surface area contributed by atoms with Crippen LogP contribution in [0.1, 0.15) is 11.0 Å². The maximum absolute atomic E-state index is 11.4. The van der Waals surface area contributed by atoms with Crippen LogP contribution in [0.2, 0.25) is 0 Å². The third-order valence-corrected chi connectivity index (χ3v) is 2.38.